The molecule has 1 aromatic carbocycles. The van der Waals surface area contributed by atoms with Crippen LogP contribution in [0.25, 0.3) is 0 Å². The van der Waals surface area contributed by atoms with E-state index in [4.69, 9.17) is 14.6 Å². The number of rotatable bonds is 9. The van der Waals surface area contributed by atoms with Crippen molar-refractivity contribution in [2.45, 2.75) is 39.0 Å². The number of hydrogen-bond donors (Lipinski definition) is 3. The molecule has 0 saturated heterocycles. The second-order valence-corrected chi connectivity index (χ2v) is 4.77. The molecule has 0 saturated carbocycles. The summed E-state index contributed by atoms with van der Waals surface area (Å²) in [5.41, 5.74) is 0.850. The van der Waals surface area contributed by atoms with Gasteiger partial charge in [-0.15, -0.1) is 0 Å². The quantitative estimate of drug-likeness (QED) is 0.639. The molecule has 0 heterocycles. The predicted molar refractivity (Wildman–Crippen MR) is 78.7 cm³/mol. The molecule has 3 N–H and O–H groups in total. The maximum absolute atomic E-state index is 11.0. The number of aliphatic hydroxyl groups is 1. The van der Waals surface area contributed by atoms with Gasteiger partial charge >= 0.3 is 5.97 Å². The van der Waals surface area contributed by atoms with Crippen molar-refractivity contribution >= 4 is 5.97 Å². The summed E-state index contributed by atoms with van der Waals surface area (Å²) in [6.07, 6.45) is -0.0715. The Morgan fingerprint density at radius 1 is 1.38 bits per heavy atom. The van der Waals surface area contributed by atoms with Crippen LogP contribution in [0.3, 0.4) is 0 Å². The molecule has 21 heavy (non-hydrogen) atoms. The van der Waals surface area contributed by atoms with Gasteiger partial charge in [-0.25, -0.2) is 0 Å². The Kier molecular flexibility index (Phi) is 6.98. The van der Waals surface area contributed by atoms with Crippen molar-refractivity contribution in [1.29, 1.82) is 0 Å². The molecular weight excluding hydrogens is 274 g/mol. The van der Waals surface area contributed by atoms with Crippen LogP contribution in [0.2, 0.25) is 0 Å². The highest BCUT2D eigenvalue weighted by atomic mass is 16.5. The van der Waals surface area contributed by atoms with Crippen LogP contribution in [0, 0.1) is 0 Å². The van der Waals surface area contributed by atoms with E-state index in [2.05, 4.69) is 5.32 Å². The minimum atomic E-state index is -1.08. The van der Waals surface area contributed by atoms with Gasteiger partial charge in [0, 0.05) is 6.54 Å². The van der Waals surface area contributed by atoms with Gasteiger partial charge in [-0.2, -0.15) is 0 Å². The Bertz CT molecular complexity index is 461. The lowest BCUT2D eigenvalue weighted by Crippen LogP contribution is -2.44. The lowest BCUT2D eigenvalue weighted by atomic mass is 10.1. The monoisotopic (exact) mass is 297 g/mol. The van der Waals surface area contributed by atoms with Crippen molar-refractivity contribution in [3.8, 4) is 11.5 Å². The first-order valence-electron chi connectivity index (χ1n) is 6.93. The zero-order chi connectivity index (χ0) is 15.8. The first kappa shape index (κ1) is 17.3. The topological polar surface area (TPSA) is 88.0 Å². The molecule has 0 spiro atoms. The third-order valence-electron chi connectivity index (χ3n) is 2.96. The van der Waals surface area contributed by atoms with Crippen LogP contribution >= 0.6 is 0 Å². The number of carbonyl (C=O) groups is 1. The summed E-state index contributed by atoms with van der Waals surface area (Å²) in [4.78, 5) is 11.0. The fourth-order valence-corrected chi connectivity index (χ4v) is 1.85. The molecular formula is C15H23NO5. The Morgan fingerprint density at radius 2 is 2.10 bits per heavy atom. The van der Waals surface area contributed by atoms with Crippen molar-refractivity contribution in [1.82, 2.24) is 5.32 Å². The molecule has 1 aromatic rings. The maximum Gasteiger partial charge on any atom is 0.323 e. The van der Waals surface area contributed by atoms with Crippen LogP contribution in [-0.4, -0.2) is 42.0 Å². The van der Waals surface area contributed by atoms with E-state index in [1.807, 2.05) is 13.0 Å². The fraction of sp³-hybridized carbons (Fsp3) is 0.533. The summed E-state index contributed by atoms with van der Waals surface area (Å²) in [5, 5.41) is 21.2. The Labute approximate surface area is 124 Å². The summed E-state index contributed by atoms with van der Waals surface area (Å²) in [6.45, 7) is 4.38. The van der Waals surface area contributed by atoms with Gasteiger partial charge in [-0.3, -0.25) is 10.1 Å². The van der Waals surface area contributed by atoms with Crippen LogP contribution in [0.1, 0.15) is 25.8 Å². The minimum Gasteiger partial charge on any atom is -0.493 e. The summed E-state index contributed by atoms with van der Waals surface area (Å²) in [5.74, 6) is 0.181. The van der Waals surface area contributed by atoms with Gasteiger partial charge < -0.3 is 19.7 Å². The average Bonchev–Trinajstić information content (AvgIpc) is 2.45. The van der Waals surface area contributed by atoms with E-state index in [0.717, 1.165) is 12.0 Å². The Morgan fingerprint density at radius 3 is 2.62 bits per heavy atom. The van der Waals surface area contributed by atoms with Crippen molar-refractivity contribution in [2.75, 3.05) is 13.7 Å². The summed E-state index contributed by atoms with van der Waals surface area (Å²) in [6, 6.07) is 4.41. The number of hydrogen-bond acceptors (Lipinski definition) is 5. The van der Waals surface area contributed by atoms with E-state index in [-0.39, 0.29) is 0 Å². The van der Waals surface area contributed by atoms with E-state index in [1.165, 1.54) is 6.92 Å². The van der Waals surface area contributed by atoms with Crippen LogP contribution in [-0.2, 0) is 11.3 Å². The van der Waals surface area contributed by atoms with Crippen LogP contribution in [0.5, 0.6) is 11.5 Å². The number of carboxylic acid groups (broad SMARTS) is 1. The Hall–Kier alpha value is -1.79. The van der Waals surface area contributed by atoms with E-state index >= 15 is 0 Å². The molecule has 0 aliphatic heterocycles. The highest BCUT2D eigenvalue weighted by molar-refractivity contribution is 5.74. The molecule has 0 bridgehead atoms. The molecule has 0 aliphatic rings. The molecule has 1 rings (SSSR count). The van der Waals surface area contributed by atoms with Crippen molar-refractivity contribution in [2.24, 2.45) is 0 Å². The lowest BCUT2D eigenvalue weighted by Gasteiger charge is -2.17. The van der Waals surface area contributed by atoms with Gasteiger partial charge in [0.2, 0.25) is 0 Å². The molecule has 2 unspecified atom stereocenters. The molecule has 0 aliphatic carbocycles. The zero-order valence-corrected chi connectivity index (χ0v) is 12.6. The number of carboxylic acids is 1. The van der Waals surface area contributed by atoms with Crippen LogP contribution in [0.15, 0.2) is 18.2 Å². The fourth-order valence-electron chi connectivity index (χ4n) is 1.85. The number of aliphatic carboxylic acids is 1. The minimum absolute atomic E-state index is 0.312. The first-order valence-corrected chi connectivity index (χ1v) is 6.93. The van der Waals surface area contributed by atoms with Gasteiger partial charge in [0.25, 0.3) is 0 Å². The molecule has 2 atom stereocenters. The number of benzene rings is 1. The largest absolute Gasteiger partial charge is 0.493 e. The summed E-state index contributed by atoms with van der Waals surface area (Å²) < 4.78 is 10.8. The van der Waals surface area contributed by atoms with Gasteiger partial charge in [0.1, 0.15) is 6.04 Å². The smallest absolute Gasteiger partial charge is 0.323 e. The highest BCUT2D eigenvalue weighted by Gasteiger charge is 2.22. The van der Waals surface area contributed by atoms with Gasteiger partial charge in [0.15, 0.2) is 11.5 Å². The highest BCUT2D eigenvalue weighted by Crippen LogP contribution is 2.28. The second kappa shape index (κ2) is 8.49. The molecule has 0 aromatic heterocycles. The molecule has 0 radical (unpaired) electrons. The second-order valence-electron chi connectivity index (χ2n) is 4.77. The lowest BCUT2D eigenvalue weighted by molar-refractivity contribution is -0.142. The molecule has 6 heteroatoms. The standard InChI is InChI=1S/C15H23NO5/c1-4-7-21-12-6-5-11(8-13(12)20-3)9-16-14(10(2)17)15(18)19/h5-6,8,10,14,16-17H,4,7,9H2,1-3H3,(H,18,19). The molecule has 0 fully saturated rings. The number of methoxy groups -OCH3 is 1. The number of aliphatic hydroxyl groups excluding tert-OH is 1. The van der Waals surface area contributed by atoms with E-state index in [9.17, 15) is 9.90 Å². The molecule has 118 valence electrons. The predicted octanol–water partition coefficient (Wildman–Crippen LogP) is 1.41. The van der Waals surface area contributed by atoms with Gasteiger partial charge in [-0.05, 0) is 31.0 Å². The van der Waals surface area contributed by atoms with E-state index in [0.29, 0.717) is 24.7 Å². The zero-order valence-electron chi connectivity index (χ0n) is 12.6. The Balaban J connectivity index is 2.73. The maximum atomic E-state index is 11.0. The van der Waals surface area contributed by atoms with Crippen molar-refractivity contribution < 1.29 is 24.5 Å². The molecule has 0 amide bonds. The molecule has 6 nitrogen and oxygen atoms in total. The number of nitrogens with one attached hydrogen (secondary N) is 1. The van der Waals surface area contributed by atoms with Crippen LogP contribution < -0.4 is 14.8 Å². The normalized spacial score (nSPS) is 13.5. The van der Waals surface area contributed by atoms with Crippen LogP contribution in [0.4, 0.5) is 0 Å². The SMILES string of the molecule is CCCOc1ccc(CNC(C(=O)O)C(C)O)cc1OC. The summed E-state index contributed by atoms with van der Waals surface area (Å²) >= 11 is 0. The van der Waals surface area contributed by atoms with Crippen molar-refractivity contribution in [3.05, 3.63) is 23.8 Å². The van der Waals surface area contributed by atoms with Gasteiger partial charge in [-0.1, -0.05) is 13.0 Å². The van der Waals surface area contributed by atoms with E-state index in [1.54, 1.807) is 19.2 Å². The first-order chi connectivity index (χ1) is 9.99. The van der Waals surface area contributed by atoms with Crippen molar-refractivity contribution in [3.63, 3.8) is 0 Å². The van der Waals surface area contributed by atoms with E-state index < -0.39 is 18.1 Å². The number of ether oxygens (including phenoxy) is 2. The summed E-state index contributed by atoms with van der Waals surface area (Å²) in [7, 11) is 1.56. The third-order valence-corrected chi connectivity index (χ3v) is 2.96. The van der Waals surface area contributed by atoms with Gasteiger partial charge in [0.05, 0.1) is 19.8 Å². The third kappa shape index (κ3) is 5.24. The average molecular weight is 297 g/mol.